The minimum absolute atomic E-state index is 0.0549. The van der Waals surface area contributed by atoms with Crippen LogP contribution < -0.4 is 10.6 Å². The first-order valence-corrected chi connectivity index (χ1v) is 8.46. The maximum atomic E-state index is 12.1. The van der Waals surface area contributed by atoms with Gasteiger partial charge >= 0.3 is 6.03 Å². The smallest absolute Gasteiger partial charge is 0.315 e. The number of hydrogen-bond acceptors (Lipinski definition) is 2. The second-order valence-electron chi connectivity index (χ2n) is 6.83. The summed E-state index contributed by atoms with van der Waals surface area (Å²) in [5.74, 6) is 1.47. The molecule has 0 aromatic carbocycles. The average Bonchev–Trinajstić information content (AvgIpc) is 2.94. The van der Waals surface area contributed by atoms with Crippen LogP contribution in [0.15, 0.2) is 12.2 Å². The number of hydrogen-bond donors (Lipinski definition) is 3. The third-order valence-electron chi connectivity index (χ3n) is 5.26. The van der Waals surface area contributed by atoms with Gasteiger partial charge in [0.25, 0.3) is 0 Å². The summed E-state index contributed by atoms with van der Waals surface area (Å²) in [6, 6.07) is 0.171. The van der Waals surface area contributed by atoms with Gasteiger partial charge in [0.15, 0.2) is 0 Å². The van der Waals surface area contributed by atoms with Gasteiger partial charge in [0.2, 0.25) is 0 Å². The zero-order chi connectivity index (χ0) is 15.2. The van der Waals surface area contributed by atoms with Crippen molar-refractivity contribution < 1.29 is 9.90 Å². The number of urea groups is 1. The molecule has 2 aliphatic carbocycles. The number of aliphatic hydroxyl groups excluding tert-OH is 1. The molecular weight excluding hydrogens is 264 g/mol. The van der Waals surface area contributed by atoms with Gasteiger partial charge in [0.1, 0.15) is 0 Å². The van der Waals surface area contributed by atoms with Gasteiger partial charge in [-0.25, -0.2) is 4.79 Å². The molecule has 0 bridgehead atoms. The molecule has 120 valence electrons. The Morgan fingerprint density at radius 2 is 1.95 bits per heavy atom. The first kappa shape index (κ1) is 16.3. The molecule has 3 N–H and O–H groups in total. The SMILES string of the molecule is CC(NC(=O)N[C@@H]1C=C[C@H](CO)C1)C(C)C1CCCCC1. The van der Waals surface area contributed by atoms with E-state index in [0.29, 0.717) is 5.92 Å². The molecule has 4 nitrogen and oxygen atoms in total. The molecule has 0 saturated heterocycles. The molecule has 0 aromatic heterocycles. The first-order chi connectivity index (χ1) is 10.1. The molecule has 4 heteroatoms. The summed E-state index contributed by atoms with van der Waals surface area (Å²) in [7, 11) is 0. The summed E-state index contributed by atoms with van der Waals surface area (Å²) in [4.78, 5) is 12.1. The van der Waals surface area contributed by atoms with Gasteiger partial charge in [-0.2, -0.15) is 0 Å². The fourth-order valence-electron chi connectivity index (χ4n) is 3.63. The van der Waals surface area contributed by atoms with Crippen LogP contribution in [0.4, 0.5) is 4.79 Å². The van der Waals surface area contributed by atoms with Gasteiger partial charge in [-0.05, 0) is 25.2 Å². The van der Waals surface area contributed by atoms with Gasteiger partial charge in [-0.3, -0.25) is 0 Å². The molecule has 2 amide bonds. The van der Waals surface area contributed by atoms with Gasteiger partial charge < -0.3 is 15.7 Å². The highest BCUT2D eigenvalue weighted by Gasteiger charge is 2.26. The van der Waals surface area contributed by atoms with Crippen LogP contribution in [-0.2, 0) is 0 Å². The molecule has 0 aromatic rings. The van der Waals surface area contributed by atoms with Crippen LogP contribution in [-0.4, -0.2) is 29.8 Å². The summed E-state index contributed by atoms with van der Waals surface area (Å²) >= 11 is 0. The predicted molar refractivity (Wildman–Crippen MR) is 85.0 cm³/mol. The van der Waals surface area contributed by atoms with Gasteiger partial charge in [0.05, 0.1) is 0 Å². The zero-order valence-corrected chi connectivity index (χ0v) is 13.3. The Hall–Kier alpha value is -1.03. The maximum absolute atomic E-state index is 12.1. The normalized spacial score (nSPS) is 29.1. The molecule has 0 radical (unpaired) electrons. The van der Waals surface area contributed by atoms with Crippen LogP contribution in [0, 0.1) is 17.8 Å². The second kappa shape index (κ2) is 7.83. The Kier molecular flexibility index (Phi) is 6.09. The fraction of sp³-hybridized carbons (Fsp3) is 0.824. The number of aliphatic hydroxyl groups is 1. The lowest BCUT2D eigenvalue weighted by Gasteiger charge is -2.32. The molecule has 4 atom stereocenters. The van der Waals surface area contributed by atoms with Crippen molar-refractivity contribution in [3.63, 3.8) is 0 Å². The highest BCUT2D eigenvalue weighted by Crippen LogP contribution is 2.31. The number of amides is 2. The highest BCUT2D eigenvalue weighted by molar-refractivity contribution is 5.74. The molecule has 0 heterocycles. The van der Waals surface area contributed by atoms with Crippen molar-refractivity contribution in [1.29, 1.82) is 0 Å². The average molecular weight is 294 g/mol. The lowest BCUT2D eigenvalue weighted by Crippen LogP contribution is -2.47. The van der Waals surface area contributed by atoms with E-state index in [1.807, 2.05) is 12.2 Å². The van der Waals surface area contributed by atoms with Crippen molar-refractivity contribution in [2.75, 3.05) is 6.61 Å². The van der Waals surface area contributed by atoms with Crippen LogP contribution in [0.2, 0.25) is 0 Å². The van der Waals surface area contributed by atoms with Gasteiger partial charge in [0, 0.05) is 24.6 Å². The summed E-state index contributed by atoms with van der Waals surface area (Å²) in [5.41, 5.74) is 0. The first-order valence-electron chi connectivity index (χ1n) is 8.46. The number of rotatable bonds is 5. The van der Waals surface area contributed by atoms with E-state index in [1.54, 1.807) is 0 Å². The van der Waals surface area contributed by atoms with Crippen molar-refractivity contribution >= 4 is 6.03 Å². The summed E-state index contributed by atoms with van der Waals surface area (Å²) in [6.07, 6.45) is 11.4. The minimum Gasteiger partial charge on any atom is -0.396 e. The highest BCUT2D eigenvalue weighted by atomic mass is 16.3. The molecule has 0 aliphatic heterocycles. The maximum Gasteiger partial charge on any atom is 0.315 e. The third kappa shape index (κ3) is 4.73. The van der Waals surface area contributed by atoms with Crippen molar-refractivity contribution in [3.8, 4) is 0 Å². The topological polar surface area (TPSA) is 61.4 Å². The van der Waals surface area contributed by atoms with E-state index in [0.717, 1.165) is 12.3 Å². The fourth-order valence-corrected chi connectivity index (χ4v) is 3.63. The summed E-state index contributed by atoms with van der Waals surface area (Å²) in [6.45, 7) is 4.53. The van der Waals surface area contributed by atoms with Crippen LogP contribution >= 0.6 is 0 Å². The van der Waals surface area contributed by atoms with E-state index in [4.69, 9.17) is 5.11 Å². The lowest BCUT2D eigenvalue weighted by atomic mass is 9.78. The number of carbonyl (C=O) groups excluding carboxylic acids is 1. The summed E-state index contributed by atoms with van der Waals surface area (Å²) < 4.78 is 0. The third-order valence-corrected chi connectivity index (χ3v) is 5.26. The predicted octanol–water partition coefficient (Wildman–Crippen LogP) is 2.83. The largest absolute Gasteiger partial charge is 0.396 e. The molecule has 2 aliphatic rings. The Labute approximate surface area is 128 Å². The molecule has 0 spiro atoms. The Morgan fingerprint density at radius 3 is 2.57 bits per heavy atom. The van der Waals surface area contributed by atoms with Crippen LogP contribution in [0.25, 0.3) is 0 Å². The number of nitrogens with one attached hydrogen (secondary N) is 2. The molecular formula is C17H30N2O2. The van der Waals surface area contributed by atoms with E-state index >= 15 is 0 Å². The Balaban J connectivity index is 1.72. The van der Waals surface area contributed by atoms with E-state index in [-0.39, 0.29) is 30.6 Å². The van der Waals surface area contributed by atoms with Gasteiger partial charge in [-0.15, -0.1) is 0 Å². The lowest BCUT2D eigenvalue weighted by molar-refractivity contribution is 0.203. The van der Waals surface area contributed by atoms with Gasteiger partial charge in [-0.1, -0.05) is 51.2 Å². The molecule has 2 unspecified atom stereocenters. The minimum atomic E-state index is -0.0848. The quantitative estimate of drug-likeness (QED) is 0.683. The van der Waals surface area contributed by atoms with Crippen molar-refractivity contribution in [2.45, 2.75) is 64.5 Å². The van der Waals surface area contributed by atoms with E-state index in [9.17, 15) is 4.79 Å². The van der Waals surface area contributed by atoms with Crippen LogP contribution in [0.1, 0.15) is 52.4 Å². The van der Waals surface area contributed by atoms with Crippen LogP contribution in [0.3, 0.4) is 0 Å². The molecule has 1 fully saturated rings. The van der Waals surface area contributed by atoms with Crippen LogP contribution in [0.5, 0.6) is 0 Å². The van der Waals surface area contributed by atoms with Crippen molar-refractivity contribution in [2.24, 2.45) is 17.8 Å². The standard InChI is InChI=1S/C17H30N2O2/c1-12(15-6-4-3-5-7-15)13(2)18-17(21)19-16-9-8-14(10-16)11-20/h8-9,12-16,20H,3-7,10-11H2,1-2H3,(H2,18,19,21)/t12?,13?,14-,16+/m0/s1. The Morgan fingerprint density at radius 1 is 1.24 bits per heavy atom. The van der Waals surface area contributed by atoms with Crippen molar-refractivity contribution in [3.05, 3.63) is 12.2 Å². The van der Waals surface area contributed by atoms with E-state index < -0.39 is 0 Å². The Bertz CT molecular complexity index is 364. The second-order valence-corrected chi connectivity index (χ2v) is 6.83. The molecule has 1 saturated carbocycles. The zero-order valence-electron chi connectivity index (χ0n) is 13.3. The summed E-state index contributed by atoms with van der Waals surface area (Å²) in [5, 5.41) is 15.2. The van der Waals surface area contributed by atoms with Crippen molar-refractivity contribution in [1.82, 2.24) is 10.6 Å². The van der Waals surface area contributed by atoms with E-state index in [1.165, 1.54) is 32.1 Å². The molecule has 2 rings (SSSR count). The number of carbonyl (C=O) groups is 1. The monoisotopic (exact) mass is 294 g/mol. The molecule has 21 heavy (non-hydrogen) atoms. The van der Waals surface area contributed by atoms with E-state index in [2.05, 4.69) is 24.5 Å².